The molecule has 5 nitrogen and oxygen atoms in total. The Kier molecular flexibility index (Phi) is 5.57. The zero-order valence-electron chi connectivity index (χ0n) is 13.6. The van der Waals surface area contributed by atoms with Gasteiger partial charge in [-0.05, 0) is 25.0 Å². The fourth-order valence-electron chi connectivity index (χ4n) is 2.50. The standard InChI is InChI=1S/C18H21NO4/c1-4-5-9-16-13(12-8-6-7-10-15(12)19-16)11-14(17(20)22-2)18(21)23-3/h6-8,10-11,19H,4-5,9H2,1-3H3. The minimum absolute atomic E-state index is 0.113. The molecular formula is C18H21NO4. The number of carbonyl (C=O) groups excluding carboxylic acids is 2. The van der Waals surface area contributed by atoms with Gasteiger partial charge in [-0.1, -0.05) is 31.5 Å². The zero-order chi connectivity index (χ0) is 16.8. The van der Waals surface area contributed by atoms with Crippen LogP contribution in [0.1, 0.15) is 31.0 Å². The van der Waals surface area contributed by atoms with Crippen molar-refractivity contribution in [2.24, 2.45) is 0 Å². The molecular weight excluding hydrogens is 294 g/mol. The first-order chi connectivity index (χ1) is 11.1. The van der Waals surface area contributed by atoms with Gasteiger partial charge >= 0.3 is 11.9 Å². The van der Waals surface area contributed by atoms with Gasteiger partial charge in [-0.3, -0.25) is 0 Å². The number of carbonyl (C=O) groups is 2. The van der Waals surface area contributed by atoms with Gasteiger partial charge in [0.2, 0.25) is 0 Å². The predicted octanol–water partition coefficient (Wildman–Crippen LogP) is 3.24. The van der Waals surface area contributed by atoms with Crippen LogP contribution < -0.4 is 0 Å². The highest BCUT2D eigenvalue weighted by atomic mass is 16.5. The number of fused-ring (bicyclic) bond motifs is 1. The number of benzene rings is 1. The highest BCUT2D eigenvalue weighted by Crippen LogP contribution is 2.26. The van der Waals surface area contributed by atoms with Crippen molar-refractivity contribution in [3.8, 4) is 0 Å². The van der Waals surface area contributed by atoms with Gasteiger partial charge in [-0.25, -0.2) is 9.59 Å². The Hall–Kier alpha value is -2.56. The predicted molar refractivity (Wildman–Crippen MR) is 88.9 cm³/mol. The molecule has 0 saturated carbocycles. The fraction of sp³-hybridized carbons (Fsp3) is 0.333. The maximum absolute atomic E-state index is 11.9. The third kappa shape index (κ3) is 3.62. The van der Waals surface area contributed by atoms with Crippen molar-refractivity contribution in [3.05, 3.63) is 41.1 Å². The largest absolute Gasteiger partial charge is 0.465 e. The number of rotatable bonds is 6. The number of para-hydroxylation sites is 1. The molecule has 0 unspecified atom stereocenters. The van der Waals surface area contributed by atoms with E-state index >= 15 is 0 Å². The number of unbranched alkanes of at least 4 members (excludes halogenated alkanes) is 1. The summed E-state index contributed by atoms with van der Waals surface area (Å²) in [4.78, 5) is 27.2. The van der Waals surface area contributed by atoms with Crippen LogP contribution in [0.4, 0.5) is 0 Å². The second-order valence-corrected chi connectivity index (χ2v) is 5.21. The van der Waals surface area contributed by atoms with Gasteiger partial charge in [0.05, 0.1) is 14.2 Å². The van der Waals surface area contributed by atoms with E-state index in [4.69, 9.17) is 9.47 Å². The molecule has 0 amide bonds. The van der Waals surface area contributed by atoms with E-state index in [0.717, 1.165) is 41.4 Å². The van der Waals surface area contributed by atoms with E-state index in [0.29, 0.717) is 0 Å². The Morgan fingerprint density at radius 1 is 1.13 bits per heavy atom. The topological polar surface area (TPSA) is 68.4 Å². The summed E-state index contributed by atoms with van der Waals surface area (Å²) in [6.07, 6.45) is 4.47. The number of esters is 2. The summed E-state index contributed by atoms with van der Waals surface area (Å²) < 4.78 is 9.40. The number of ether oxygens (including phenoxy) is 2. The van der Waals surface area contributed by atoms with Crippen LogP contribution in [0, 0.1) is 0 Å². The molecule has 0 fully saturated rings. The maximum atomic E-state index is 11.9. The third-order valence-corrected chi connectivity index (χ3v) is 3.71. The van der Waals surface area contributed by atoms with Crippen LogP contribution >= 0.6 is 0 Å². The molecule has 0 aliphatic carbocycles. The average Bonchev–Trinajstić information content (AvgIpc) is 2.93. The molecule has 0 radical (unpaired) electrons. The lowest BCUT2D eigenvalue weighted by Gasteiger charge is -2.05. The van der Waals surface area contributed by atoms with E-state index < -0.39 is 11.9 Å². The number of hydrogen-bond acceptors (Lipinski definition) is 4. The summed E-state index contributed by atoms with van der Waals surface area (Å²) in [5, 5.41) is 0.962. The monoisotopic (exact) mass is 315 g/mol. The molecule has 0 bridgehead atoms. The first kappa shape index (κ1) is 16.8. The van der Waals surface area contributed by atoms with Crippen LogP contribution in [0.15, 0.2) is 29.8 Å². The number of hydrogen-bond donors (Lipinski definition) is 1. The van der Waals surface area contributed by atoms with Gasteiger partial charge in [0.15, 0.2) is 0 Å². The third-order valence-electron chi connectivity index (χ3n) is 3.71. The van der Waals surface area contributed by atoms with Crippen LogP contribution in [0.25, 0.3) is 17.0 Å². The minimum Gasteiger partial charge on any atom is -0.465 e. The summed E-state index contributed by atoms with van der Waals surface area (Å²) in [6, 6.07) is 7.79. The summed E-state index contributed by atoms with van der Waals surface area (Å²) in [5.41, 5.74) is 2.69. The molecule has 2 rings (SSSR count). The fourth-order valence-corrected chi connectivity index (χ4v) is 2.50. The Labute approximate surface area is 135 Å². The lowest BCUT2D eigenvalue weighted by atomic mass is 10.0. The van der Waals surface area contributed by atoms with Crippen LogP contribution in [0.3, 0.4) is 0 Å². The smallest absolute Gasteiger partial charge is 0.345 e. The van der Waals surface area contributed by atoms with Gasteiger partial charge in [0.1, 0.15) is 5.57 Å². The highest BCUT2D eigenvalue weighted by molar-refractivity contribution is 6.18. The molecule has 0 atom stereocenters. The normalized spacial score (nSPS) is 10.4. The molecule has 0 aliphatic rings. The molecule has 1 aromatic heterocycles. The van der Waals surface area contributed by atoms with Gasteiger partial charge in [0, 0.05) is 22.2 Å². The van der Waals surface area contributed by atoms with E-state index in [1.165, 1.54) is 14.2 Å². The minimum atomic E-state index is -0.705. The van der Waals surface area contributed by atoms with E-state index in [1.807, 2.05) is 24.3 Å². The Morgan fingerprint density at radius 2 is 1.78 bits per heavy atom. The van der Waals surface area contributed by atoms with Crippen molar-refractivity contribution in [3.63, 3.8) is 0 Å². The Bertz CT molecular complexity index is 725. The average molecular weight is 315 g/mol. The lowest BCUT2D eigenvalue weighted by molar-refractivity contribution is -0.143. The maximum Gasteiger partial charge on any atom is 0.345 e. The number of nitrogens with one attached hydrogen (secondary N) is 1. The second-order valence-electron chi connectivity index (χ2n) is 5.21. The van der Waals surface area contributed by atoms with Crippen molar-refractivity contribution in [2.45, 2.75) is 26.2 Å². The van der Waals surface area contributed by atoms with Crippen molar-refractivity contribution < 1.29 is 19.1 Å². The first-order valence-electron chi connectivity index (χ1n) is 7.60. The van der Waals surface area contributed by atoms with Gasteiger partial charge in [-0.2, -0.15) is 0 Å². The van der Waals surface area contributed by atoms with Gasteiger partial charge < -0.3 is 14.5 Å². The molecule has 0 saturated heterocycles. The van der Waals surface area contributed by atoms with Crippen LogP contribution in [0.2, 0.25) is 0 Å². The second kappa shape index (κ2) is 7.63. The first-order valence-corrected chi connectivity index (χ1v) is 7.60. The molecule has 0 spiro atoms. The van der Waals surface area contributed by atoms with Crippen molar-refractivity contribution in [1.82, 2.24) is 4.98 Å². The molecule has 0 aliphatic heterocycles. The van der Waals surface area contributed by atoms with E-state index in [1.54, 1.807) is 6.08 Å². The Balaban J connectivity index is 2.60. The SMILES string of the molecule is CCCCc1[nH]c2ccccc2c1C=C(C(=O)OC)C(=O)OC. The molecule has 122 valence electrons. The quantitative estimate of drug-likeness (QED) is 0.384. The van der Waals surface area contributed by atoms with E-state index in [-0.39, 0.29) is 5.57 Å². The van der Waals surface area contributed by atoms with Crippen molar-refractivity contribution in [2.75, 3.05) is 14.2 Å². The lowest BCUT2D eigenvalue weighted by Crippen LogP contribution is -2.15. The summed E-state index contributed by atoms with van der Waals surface area (Å²) >= 11 is 0. The number of aromatic amines is 1. The van der Waals surface area contributed by atoms with Crippen LogP contribution in [-0.4, -0.2) is 31.1 Å². The molecule has 23 heavy (non-hydrogen) atoms. The van der Waals surface area contributed by atoms with E-state index in [9.17, 15) is 9.59 Å². The molecule has 1 heterocycles. The summed E-state index contributed by atoms with van der Waals surface area (Å²) in [6.45, 7) is 2.12. The number of aromatic nitrogens is 1. The van der Waals surface area contributed by atoms with Crippen LogP contribution in [-0.2, 0) is 25.5 Å². The van der Waals surface area contributed by atoms with Gasteiger partial charge in [-0.15, -0.1) is 0 Å². The van der Waals surface area contributed by atoms with Gasteiger partial charge in [0.25, 0.3) is 0 Å². The van der Waals surface area contributed by atoms with Crippen molar-refractivity contribution >= 4 is 28.9 Å². The number of H-pyrrole nitrogens is 1. The summed E-state index contributed by atoms with van der Waals surface area (Å²) in [7, 11) is 2.48. The number of methoxy groups -OCH3 is 2. The molecule has 5 heteroatoms. The van der Waals surface area contributed by atoms with Crippen LogP contribution in [0.5, 0.6) is 0 Å². The number of aryl methyl sites for hydroxylation is 1. The van der Waals surface area contributed by atoms with Crippen molar-refractivity contribution in [1.29, 1.82) is 0 Å². The summed E-state index contributed by atoms with van der Waals surface area (Å²) in [5.74, 6) is -1.41. The highest BCUT2D eigenvalue weighted by Gasteiger charge is 2.21. The molecule has 2 aromatic rings. The Morgan fingerprint density at radius 3 is 2.39 bits per heavy atom. The van der Waals surface area contributed by atoms with E-state index in [2.05, 4.69) is 11.9 Å². The zero-order valence-corrected chi connectivity index (χ0v) is 13.6. The molecule has 1 aromatic carbocycles. The molecule has 1 N–H and O–H groups in total.